The van der Waals surface area contributed by atoms with Crippen molar-refractivity contribution in [1.29, 1.82) is 10.5 Å². The van der Waals surface area contributed by atoms with Gasteiger partial charge in [-0.05, 0) is 48.5 Å². The highest BCUT2D eigenvalue weighted by molar-refractivity contribution is 6.21. The van der Waals surface area contributed by atoms with E-state index in [9.17, 15) is 10.5 Å². The van der Waals surface area contributed by atoms with E-state index >= 15 is 0 Å². The van der Waals surface area contributed by atoms with Gasteiger partial charge in [-0.3, -0.25) is 0 Å². The summed E-state index contributed by atoms with van der Waals surface area (Å²) in [6.07, 6.45) is 0. The molecular weight excluding hydrogens is 450 g/mol. The van der Waals surface area contributed by atoms with E-state index in [1.807, 2.05) is 0 Å². The molecular formula is C27H9N9. The van der Waals surface area contributed by atoms with Gasteiger partial charge in [0.15, 0.2) is 5.69 Å². The summed E-state index contributed by atoms with van der Waals surface area (Å²) < 4.78 is 0. The zero-order valence-corrected chi connectivity index (χ0v) is 18.2. The number of hydrogen-bond donors (Lipinski definition) is 0. The summed E-state index contributed by atoms with van der Waals surface area (Å²) in [6.45, 7) is 7.34. The number of benzene rings is 4. The lowest BCUT2D eigenvalue weighted by Crippen LogP contribution is -1.99. The average Bonchev–Trinajstić information content (AvgIpc) is 2.93. The monoisotopic (exact) mass is 459 g/mol. The first-order chi connectivity index (χ1) is 17.6. The Labute approximate surface area is 201 Å². The van der Waals surface area contributed by atoms with Crippen molar-refractivity contribution in [3.05, 3.63) is 77.1 Å². The number of nitrogens with zero attached hydrogens (tertiary/aromatic N) is 9. The van der Waals surface area contributed by atoms with E-state index in [-0.39, 0.29) is 0 Å². The number of rotatable bonds is 0. The number of aromatic nitrogens is 6. The van der Waals surface area contributed by atoms with Gasteiger partial charge in [0.2, 0.25) is 0 Å². The zero-order chi connectivity index (χ0) is 24.4. The van der Waals surface area contributed by atoms with E-state index in [0.717, 1.165) is 0 Å². The zero-order valence-electron chi connectivity index (χ0n) is 18.2. The summed E-state index contributed by atoms with van der Waals surface area (Å²) in [5, 5.41) is 18.7. The smallest absolute Gasteiger partial charge is 0.189 e. The molecule has 0 spiro atoms. The predicted molar refractivity (Wildman–Crippen MR) is 134 cm³/mol. The van der Waals surface area contributed by atoms with E-state index < -0.39 is 0 Å². The van der Waals surface area contributed by atoms with Gasteiger partial charge in [0.05, 0.1) is 62.9 Å². The molecule has 0 fully saturated rings. The molecule has 7 rings (SSSR count). The van der Waals surface area contributed by atoms with Crippen molar-refractivity contribution in [2.45, 2.75) is 0 Å². The first-order valence-electron chi connectivity index (χ1n) is 10.8. The highest BCUT2D eigenvalue weighted by atomic mass is 14.9. The maximum Gasteiger partial charge on any atom is 0.189 e. The van der Waals surface area contributed by atoms with Crippen LogP contribution in [0.2, 0.25) is 0 Å². The molecule has 3 aromatic heterocycles. The molecule has 9 nitrogen and oxygen atoms in total. The minimum absolute atomic E-state index is 0.455. The summed E-state index contributed by atoms with van der Waals surface area (Å²) in [5.74, 6) is 0. The van der Waals surface area contributed by atoms with Crippen LogP contribution < -0.4 is 0 Å². The minimum Gasteiger partial charge on any atom is -0.243 e. The topological polar surface area (TPSA) is 129 Å². The molecule has 3 heterocycles. The molecule has 9 heteroatoms. The fourth-order valence-corrected chi connectivity index (χ4v) is 4.35. The number of fused-ring (bicyclic) bond motifs is 9. The van der Waals surface area contributed by atoms with Crippen LogP contribution in [0.25, 0.3) is 71.0 Å². The van der Waals surface area contributed by atoms with Gasteiger partial charge in [0, 0.05) is 0 Å². The lowest BCUT2D eigenvalue weighted by molar-refractivity contribution is 1.33. The molecule has 36 heavy (non-hydrogen) atoms. The average molecular weight is 459 g/mol. The standard InChI is InChI=1S/C27H9N9/c1-30-15-4-7-18-21(10-15)36-27-23-25(34-20-9-14(12-29)3-6-17(20)32-23)22-26(24(27)33-18)35-19-8-13(11-28)2-5-16(19)31-22/h2-10H. The number of hydrogen-bond acceptors (Lipinski definition) is 8. The fourth-order valence-electron chi connectivity index (χ4n) is 4.35. The van der Waals surface area contributed by atoms with E-state index in [0.29, 0.717) is 83.0 Å². The predicted octanol–water partition coefficient (Wildman–Crippen LogP) is 5.27. The lowest BCUT2D eigenvalue weighted by atomic mass is 10.1. The maximum absolute atomic E-state index is 9.35. The second-order valence-electron chi connectivity index (χ2n) is 8.18. The summed E-state index contributed by atoms with van der Waals surface area (Å²) in [6, 6.07) is 19.6. The third-order valence-corrected chi connectivity index (χ3v) is 6.04. The van der Waals surface area contributed by atoms with Crippen LogP contribution in [0.4, 0.5) is 5.69 Å². The lowest BCUT2D eigenvalue weighted by Gasteiger charge is -2.10. The molecule has 0 aliphatic rings. The Morgan fingerprint density at radius 1 is 0.500 bits per heavy atom. The minimum atomic E-state index is 0.455. The molecule has 0 bridgehead atoms. The Bertz CT molecular complexity index is 1960. The molecule has 162 valence electrons. The van der Waals surface area contributed by atoms with Crippen LogP contribution in [0.3, 0.4) is 0 Å². The van der Waals surface area contributed by atoms with Crippen molar-refractivity contribution in [1.82, 2.24) is 29.9 Å². The van der Waals surface area contributed by atoms with Gasteiger partial charge in [0.1, 0.15) is 33.1 Å². The van der Waals surface area contributed by atoms with E-state index in [1.54, 1.807) is 54.6 Å². The Morgan fingerprint density at radius 2 is 0.861 bits per heavy atom. The Balaban J connectivity index is 1.74. The largest absolute Gasteiger partial charge is 0.243 e. The summed E-state index contributed by atoms with van der Waals surface area (Å²) in [5.41, 5.74) is 7.80. The SMILES string of the molecule is [C-]#[N+]c1ccc2nc3c4nc5cc(C#N)ccc5nc4c4nc5cc(C#N)ccc5nc4c3nc2c1. The first kappa shape index (κ1) is 19.6. The van der Waals surface area contributed by atoms with E-state index in [1.165, 1.54) is 0 Å². The molecule has 7 aromatic rings. The third-order valence-electron chi connectivity index (χ3n) is 6.04. The van der Waals surface area contributed by atoms with Crippen molar-refractivity contribution in [2.75, 3.05) is 0 Å². The molecule has 4 aromatic carbocycles. The first-order valence-corrected chi connectivity index (χ1v) is 10.8. The van der Waals surface area contributed by atoms with Crippen LogP contribution >= 0.6 is 0 Å². The molecule has 0 radical (unpaired) electrons. The maximum atomic E-state index is 9.35. The Hall–Kier alpha value is -5.85. The van der Waals surface area contributed by atoms with Crippen molar-refractivity contribution >= 4 is 71.9 Å². The van der Waals surface area contributed by atoms with Gasteiger partial charge in [-0.15, -0.1) is 0 Å². The quantitative estimate of drug-likeness (QED) is 0.170. The fraction of sp³-hybridized carbons (Fsp3) is 0. The summed E-state index contributed by atoms with van der Waals surface area (Å²) >= 11 is 0. The summed E-state index contributed by atoms with van der Waals surface area (Å²) in [7, 11) is 0. The van der Waals surface area contributed by atoms with Gasteiger partial charge in [-0.25, -0.2) is 34.7 Å². The van der Waals surface area contributed by atoms with Crippen LogP contribution in [0.5, 0.6) is 0 Å². The van der Waals surface area contributed by atoms with E-state index in [2.05, 4.69) is 17.0 Å². The van der Waals surface area contributed by atoms with Gasteiger partial charge < -0.3 is 0 Å². The second-order valence-corrected chi connectivity index (χ2v) is 8.18. The van der Waals surface area contributed by atoms with Crippen LogP contribution in [0.1, 0.15) is 11.1 Å². The van der Waals surface area contributed by atoms with Crippen molar-refractivity contribution in [2.24, 2.45) is 0 Å². The van der Waals surface area contributed by atoms with Gasteiger partial charge in [-0.1, -0.05) is 6.07 Å². The highest BCUT2D eigenvalue weighted by Gasteiger charge is 2.19. The molecule has 0 unspecified atom stereocenters. The normalized spacial score (nSPS) is 11.2. The third kappa shape index (κ3) is 2.73. The summed E-state index contributed by atoms with van der Waals surface area (Å²) in [4.78, 5) is 32.5. The van der Waals surface area contributed by atoms with Crippen LogP contribution in [0.15, 0.2) is 54.6 Å². The van der Waals surface area contributed by atoms with Crippen molar-refractivity contribution in [3.63, 3.8) is 0 Å². The molecule has 0 N–H and O–H groups in total. The molecule has 0 saturated heterocycles. The second kappa shape index (κ2) is 7.07. The highest BCUT2D eigenvalue weighted by Crippen LogP contribution is 2.33. The molecule has 0 atom stereocenters. The molecule has 0 saturated carbocycles. The molecule has 0 amide bonds. The van der Waals surface area contributed by atoms with Gasteiger partial charge in [-0.2, -0.15) is 10.5 Å². The van der Waals surface area contributed by atoms with Gasteiger partial charge >= 0.3 is 0 Å². The Morgan fingerprint density at radius 3 is 1.25 bits per heavy atom. The number of nitriles is 2. The van der Waals surface area contributed by atoms with Crippen molar-refractivity contribution < 1.29 is 0 Å². The van der Waals surface area contributed by atoms with E-state index in [4.69, 9.17) is 36.5 Å². The molecule has 0 aliphatic carbocycles. The van der Waals surface area contributed by atoms with Crippen LogP contribution in [-0.4, -0.2) is 29.9 Å². The molecule has 0 aliphatic heterocycles. The van der Waals surface area contributed by atoms with Crippen LogP contribution in [-0.2, 0) is 0 Å². The van der Waals surface area contributed by atoms with Crippen molar-refractivity contribution in [3.8, 4) is 12.1 Å². The van der Waals surface area contributed by atoms with Gasteiger partial charge in [0.25, 0.3) is 0 Å². The Kier molecular flexibility index (Phi) is 3.85. The van der Waals surface area contributed by atoms with Crippen LogP contribution in [0, 0.1) is 29.2 Å².